The number of carbonyl (C=O) groups excluding carboxylic acids is 1. The highest BCUT2D eigenvalue weighted by Crippen LogP contribution is 2.41. The molecule has 2 aromatic carbocycles. The highest BCUT2D eigenvalue weighted by Gasteiger charge is 2.39. The molecule has 0 saturated heterocycles. The van der Waals surface area contributed by atoms with E-state index in [9.17, 15) is 4.79 Å². The van der Waals surface area contributed by atoms with Crippen LogP contribution in [0, 0.1) is 0 Å². The number of carbonyl (C=O) groups is 1. The van der Waals surface area contributed by atoms with Crippen LogP contribution in [0.4, 0.5) is 0 Å². The van der Waals surface area contributed by atoms with E-state index in [0.717, 1.165) is 24.8 Å². The van der Waals surface area contributed by atoms with Crippen LogP contribution in [0.2, 0.25) is 5.02 Å². The molecule has 0 spiro atoms. The summed E-state index contributed by atoms with van der Waals surface area (Å²) in [6.07, 6.45) is 5.64. The molecule has 138 valence electrons. The van der Waals surface area contributed by atoms with Crippen molar-refractivity contribution in [3.63, 3.8) is 0 Å². The van der Waals surface area contributed by atoms with E-state index < -0.39 is 0 Å². The summed E-state index contributed by atoms with van der Waals surface area (Å²) in [6.45, 7) is 0. The molecule has 0 aliphatic heterocycles. The van der Waals surface area contributed by atoms with Crippen molar-refractivity contribution in [3.05, 3.63) is 77.3 Å². The maximum absolute atomic E-state index is 12.5. The van der Waals surface area contributed by atoms with Gasteiger partial charge in [-0.25, -0.2) is 4.98 Å². The quantitative estimate of drug-likeness (QED) is 0.645. The molecule has 1 heterocycles. The fourth-order valence-electron chi connectivity index (χ4n) is 3.50. The second kappa shape index (κ2) is 7.57. The third-order valence-electron chi connectivity index (χ3n) is 5.16. The van der Waals surface area contributed by atoms with E-state index in [1.54, 1.807) is 6.20 Å². The number of rotatable bonds is 6. The van der Waals surface area contributed by atoms with E-state index >= 15 is 0 Å². The number of hydrogen-bond donors (Lipinski definition) is 1. The molecule has 1 N–H and O–H groups in total. The van der Waals surface area contributed by atoms with Gasteiger partial charge in [-0.2, -0.15) is 0 Å². The first-order chi connectivity index (χ1) is 13.1. The average molecular weight is 381 g/mol. The topological polar surface area (TPSA) is 55.1 Å². The molecule has 0 unspecified atom stereocenters. The fraction of sp³-hybridized carbons (Fsp3) is 0.273. The SMILES string of the molecule is O=C(CCc1ncc(-c2ccc(Cl)cc2)o1)NC1(c2ccccc2)CCC1. The summed E-state index contributed by atoms with van der Waals surface area (Å²) < 4.78 is 5.78. The molecule has 0 atom stereocenters. The van der Waals surface area contributed by atoms with Crippen molar-refractivity contribution in [2.75, 3.05) is 0 Å². The molecule has 1 saturated carbocycles. The van der Waals surface area contributed by atoms with Crippen molar-refractivity contribution in [3.8, 4) is 11.3 Å². The Morgan fingerprint density at radius 3 is 2.52 bits per heavy atom. The number of nitrogens with one attached hydrogen (secondary N) is 1. The van der Waals surface area contributed by atoms with E-state index in [-0.39, 0.29) is 11.4 Å². The summed E-state index contributed by atoms with van der Waals surface area (Å²) in [5.74, 6) is 1.28. The number of oxazole rings is 1. The van der Waals surface area contributed by atoms with Crippen molar-refractivity contribution >= 4 is 17.5 Å². The highest BCUT2D eigenvalue weighted by molar-refractivity contribution is 6.30. The summed E-state index contributed by atoms with van der Waals surface area (Å²) in [5.41, 5.74) is 1.90. The standard InChI is InChI=1S/C22H21ClN2O2/c23-18-9-7-16(8-10-18)19-15-24-21(27-19)12-11-20(26)25-22(13-4-14-22)17-5-2-1-3-6-17/h1-3,5-10,15H,4,11-14H2,(H,25,26). The van der Waals surface area contributed by atoms with Crippen LogP contribution < -0.4 is 5.32 Å². The molecule has 0 radical (unpaired) electrons. The molecule has 1 aromatic heterocycles. The van der Waals surface area contributed by atoms with Crippen LogP contribution >= 0.6 is 11.6 Å². The third kappa shape index (κ3) is 3.91. The monoisotopic (exact) mass is 380 g/mol. The Kier molecular flexibility index (Phi) is 4.99. The maximum atomic E-state index is 12.5. The van der Waals surface area contributed by atoms with Crippen LogP contribution in [0.25, 0.3) is 11.3 Å². The van der Waals surface area contributed by atoms with Crippen LogP contribution in [0.1, 0.15) is 37.1 Å². The Labute approximate surface area is 163 Å². The maximum Gasteiger partial charge on any atom is 0.221 e. The van der Waals surface area contributed by atoms with Gasteiger partial charge in [0.15, 0.2) is 11.7 Å². The van der Waals surface area contributed by atoms with Crippen LogP contribution in [-0.4, -0.2) is 10.9 Å². The minimum absolute atomic E-state index is 0.0322. The first-order valence-corrected chi connectivity index (χ1v) is 9.60. The van der Waals surface area contributed by atoms with E-state index in [1.165, 1.54) is 5.56 Å². The Balaban J connectivity index is 1.36. The van der Waals surface area contributed by atoms with Gasteiger partial charge in [-0.1, -0.05) is 41.9 Å². The summed E-state index contributed by atoms with van der Waals surface area (Å²) in [7, 11) is 0. The number of aromatic nitrogens is 1. The lowest BCUT2D eigenvalue weighted by Crippen LogP contribution is -2.50. The number of halogens is 1. The lowest BCUT2D eigenvalue weighted by atomic mass is 9.71. The van der Waals surface area contributed by atoms with E-state index in [2.05, 4.69) is 22.4 Å². The second-order valence-electron chi connectivity index (χ2n) is 6.98. The Hall–Kier alpha value is -2.59. The Morgan fingerprint density at radius 2 is 1.85 bits per heavy atom. The zero-order valence-corrected chi connectivity index (χ0v) is 15.7. The van der Waals surface area contributed by atoms with Gasteiger partial charge in [0.05, 0.1) is 11.7 Å². The summed E-state index contributed by atoms with van der Waals surface area (Å²) in [4.78, 5) is 16.8. The lowest BCUT2D eigenvalue weighted by molar-refractivity contribution is -0.124. The number of benzene rings is 2. The normalized spacial score (nSPS) is 15.1. The predicted octanol–water partition coefficient (Wildman–Crippen LogP) is 5.12. The van der Waals surface area contributed by atoms with E-state index in [0.29, 0.717) is 29.5 Å². The van der Waals surface area contributed by atoms with Gasteiger partial charge >= 0.3 is 0 Å². The summed E-state index contributed by atoms with van der Waals surface area (Å²) in [5, 5.41) is 3.92. The van der Waals surface area contributed by atoms with Crippen molar-refractivity contribution in [2.24, 2.45) is 0 Å². The van der Waals surface area contributed by atoms with Crippen LogP contribution in [0.15, 0.2) is 65.2 Å². The van der Waals surface area contributed by atoms with Crippen molar-refractivity contribution in [2.45, 2.75) is 37.6 Å². The number of hydrogen-bond acceptors (Lipinski definition) is 3. The Morgan fingerprint density at radius 1 is 1.11 bits per heavy atom. The van der Waals surface area contributed by atoms with Gasteiger partial charge in [0.1, 0.15) is 0 Å². The minimum Gasteiger partial charge on any atom is -0.441 e. The molecule has 3 aromatic rings. The number of aryl methyl sites for hydroxylation is 1. The predicted molar refractivity (Wildman–Crippen MR) is 105 cm³/mol. The zero-order valence-electron chi connectivity index (χ0n) is 15.0. The molecule has 0 bridgehead atoms. The van der Waals surface area contributed by atoms with Gasteiger partial charge in [-0.3, -0.25) is 4.79 Å². The molecular weight excluding hydrogens is 360 g/mol. The molecular formula is C22H21ClN2O2. The molecule has 27 heavy (non-hydrogen) atoms. The molecule has 1 fully saturated rings. The first kappa shape index (κ1) is 17.8. The molecule has 4 rings (SSSR count). The fourth-order valence-corrected chi connectivity index (χ4v) is 3.62. The molecule has 1 amide bonds. The molecule has 1 aliphatic carbocycles. The van der Waals surface area contributed by atoms with Gasteiger partial charge in [-0.05, 0) is 49.1 Å². The lowest BCUT2D eigenvalue weighted by Gasteiger charge is -2.43. The largest absolute Gasteiger partial charge is 0.441 e. The molecule has 1 aliphatic rings. The van der Waals surface area contributed by atoms with Crippen molar-refractivity contribution in [1.82, 2.24) is 10.3 Å². The smallest absolute Gasteiger partial charge is 0.221 e. The molecule has 5 heteroatoms. The van der Waals surface area contributed by atoms with Crippen LogP contribution in [0.5, 0.6) is 0 Å². The second-order valence-corrected chi connectivity index (χ2v) is 7.41. The van der Waals surface area contributed by atoms with Gasteiger partial charge in [0.25, 0.3) is 0 Å². The summed E-state index contributed by atoms with van der Waals surface area (Å²) >= 11 is 5.91. The van der Waals surface area contributed by atoms with E-state index in [4.69, 9.17) is 16.0 Å². The van der Waals surface area contributed by atoms with Gasteiger partial charge in [-0.15, -0.1) is 0 Å². The van der Waals surface area contributed by atoms with Gasteiger partial charge in [0.2, 0.25) is 5.91 Å². The number of nitrogens with zero attached hydrogens (tertiary/aromatic N) is 1. The van der Waals surface area contributed by atoms with Crippen molar-refractivity contribution < 1.29 is 9.21 Å². The van der Waals surface area contributed by atoms with E-state index in [1.807, 2.05) is 42.5 Å². The highest BCUT2D eigenvalue weighted by atomic mass is 35.5. The molecule has 4 nitrogen and oxygen atoms in total. The Bertz CT molecular complexity index is 915. The zero-order chi connectivity index (χ0) is 18.7. The van der Waals surface area contributed by atoms with Crippen molar-refractivity contribution in [1.29, 1.82) is 0 Å². The minimum atomic E-state index is -0.205. The third-order valence-corrected chi connectivity index (χ3v) is 5.41. The number of amides is 1. The van der Waals surface area contributed by atoms with Crippen LogP contribution in [-0.2, 0) is 16.8 Å². The van der Waals surface area contributed by atoms with Gasteiger partial charge in [0, 0.05) is 23.4 Å². The van der Waals surface area contributed by atoms with Crippen LogP contribution in [0.3, 0.4) is 0 Å². The average Bonchev–Trinajstić information content (AvgIpc) is 3.13. The first-order valence-electron chi connectivity index (χ1n) is 9.22. The summed E-state index contributed by atoms with van der Waals surface area (Å²) in [6, 6.07) is 17.6. The van der Waals surface area contributed by atoms with Gasteiger partial charge < -0.3 is 9.73 Å².